The predicted molar refractivity (Wildman–Crippen MR) is 74.4 cm³/mol. The first-order valence-electron chi connectivity index (χ1n) is 8.30. The summed E-state index contributed by atoms with van der Waals surface area (Å²) >= 11 is 0. The lowest BCUT2D eigenvalue weighted by Gasteiger charge is -2.47. The monoisotopic (exact) mass is 331 g/mol. The molecule has 23 heavy (non-hydrogen) atoms. The van der Waals surface area contributed by atoms with E-state index in [9.17, 15) is 18.0 Å². The molecule has 0 radical (unpaired) electrons. The van der Waals surface area contributed by atoms with Gasteiger partial charge >= 0.3 is 6.18 Å². The number of carbonyl (C=O) groups excluding carboxylic acids is 1. The van der Waals surface area contributed by atoms with Crippen molar-refractivity contribution in [3.63, 3.8) is 0 Å². The molecule has 2 atom stereocenters. The van der Waals surface area contributed by atoms with Crippen molar-refractivity contribution >= 4 is 5.78 Å². The third-order valence-corrected chi connectivity index (χ3v) is 5.70. The number of hydrogen-bond donors (Lipinski definition) is 0. The molecule has 2 aliphatic heterocycles. The van der Waals surface area contributed by atoms with E-state index < -0.39 is 17.7 Å². The number of halogens is 3. The number of rotatable bonds is 2. The Morgan fingerprint density at radius 2 is 1.70 bits per heavy atom. The lowest BCUT2D eigenvalue weighted by Crippen LogP contribution is -2.50. The molecule has 0 aromatic rings. The van der Waals surface area contributed by atoms with Gasteiger partial charge in [0.2, 0.25) is 0 Å². The molecular formula is C16H20F3NO3. The highest BCUT2D eigenvalue weighted by Crippen LogP contribution is 2.54. The minimum absolute atomic E-state index is 0.0317. The first-order chi connectivity index (χ1) is 10.9. The Morgan fingerprint density at radius 1 is 1.09 bits per heavy atom. The fraction of sp³-hybridized carbons (Fsp3) is 0.812. The van der Waals surface area contributed by atoms with Gasteiger partial charge in [0.1, 0.15) is 0 Å². The third kappa shape index (κ3) is 2.39. The van der Waals surface area contributed by atoms with Crippen LogP contribution in [0.2, 0.25) is 0 Å². The van der Waals surface area contributed by atoms with Crippen LogP contribution in [0.3, 0.4) is 0 Å². The Kier molecular flexibility index (Phi) is 3.50. The molecule has 1 saturated carbocycles. The summed E-state index contributed by atoms with van der Waals surface area (Å²) in [4.78, 5) is 13.8. The van der Waals surface area contributed by atoms with Gasteiger partial charge in [0.25, 0.3) is 5.78 Å². The highest BCUT2D eigenvalue weighted by molar-refractivity contribution is 6.02. The topological polar surface area (TPSA) is 38.8 Å². The summed E-state index contributed by atoms with van der Waals surface area (Å²) in [6, 6.07) is 0. The quantitative estimate of drug-likeness (QED) is 0.780. The normalized spacial score (nSPS) is 33.1. The van der Waals surface area contributed by atoms with E-state index in [2.05, 4.69) is 0 Å². The van der Waals surface area contributed by atoms with Crippen LogP contribution in [-0.2, 0) is 14.3 Å². The molecule has 2 aliphatic carbocycles. The fourth-order valence-electron chi connectivity index (χ4n) is 4.64. The van der Waals surface area contributed by atoms with E-state index in [0.717, 1.165) is 12.8 Å². The highest BCUT2D eigenvalue weighted by Gasteiger charge is 2.55. The number of Topliss-reactive ketones (excluding diaryl/α,β-unsaturated/α-hetero) is 1. The molecule has 0 amide bonds. The van der Waals surface area contributed by atoms with Crippen LogP contribution in [0.5, 0.6) is 0 Å². The van der Waals surface area contributed by atoms with Gasteiger partial charge in [-0.2, -0.15) is 13.2 Å². The minimum atomic E-state index is -4.77. The van der Waals surface area contributed by atoms with Gasteiger partial charge in [-0.1, -0.05) is 6.42 Å². The number of ether oxygens (including phenoxy) is 2. The molecule has 2 heterocycles. The largest absolute Gasteiger partial charge is 0.454 e. The van der Waals surface area contributed by atoms with Gasteiger partial charge in [0.15, 0.2) is 5.79 Å². The number of likely N-dealkylation sites (tertiary alicyclic amines) is 1. The average Bonchev–Trinajstić information content (AvgIpc) is 3.09. The maximum Gasteiger partial charge on any atom is 0.454 e. The van der Waals surface area contributed by atoms with Crippen molar-refractivity contribution in [3.05, 3.63) is 11.3 Å². The molecule has 4 nitrogen and oxygen atoms in total. The zero-order chi connectivity index (χ0) is 16.2. The summed E-state index contributed by atoms with van der Waals surface area (Å²) in [5.74, 6) is -2.24. The van der Waals surface area contributed by atoms with Gasteiger partial charge < -0.3 is 14.4 Å². The maximum absolute atomic E-state index is 12.9. The number of nitrogens with zero attached hydrogens (tertiary/aromatic N) is 1. The standard InChI is InChI=1S/C16H20F3NO3/c17-16(18,19)14(21)12-10-2-1-3-11(10)13(12)20-6-4-15(5-7-20)22-8-9-23-15/h10-11H,1-9H2. The second kappa shape index (κ2) is 5.21. The van der Waals surface area contributed by atoms with E-state index in [4.69, 9.17) is 9.47 Å². The number of carbonyl (C=O) groups is 1. The van der Waals surface area contributed by atoms with Gasteiger partial charge in [0, 0.05) is 43.1 Å². The van der Waals surface area contributed by atoms with Crippen LogP contribution in [0, 0.1) is 11.8 Å². The summed E-state index contributed by atoms with van der Waals surface area (Å²) in [5, 5.41) is 0. The maximum atomic E-state index is 12.9. The summed E-state index contributed by atoms with van der Waals surface area (Å²) in [6.45, 7) is 2.33. The van der Waals surface area contributed by atoms with Gasteiger partial charge in [-0.3, -0.25) is 4.79 Å². The van der Waals surface area contributed by atoms with E-state index in [1.54, 1.807) is 0 Å². The number of fused-ring (bicyclic) bond motifs is 1. The van der Waals surface area contributed by atoms with Gasteiger partial charge in [-0.05, 0) is 18.8 Å². The molecule has 2 saturated heterocycles. The minimum Gasteiger partial charge on any atom is -0.374 e. The molecule has 2 unspecified atom stereocenters. The Balaban J connectivity index is 1.56. The Labute approximate surface area is 132 Å². The predicted octanol–water partition coefficient (Wildman–Crippen LogP) is 2.64. The molecule has 4 aliphatic rings. The van der Waals surface area contributed by atoms with Crippen LogP contribution in [-0.4, -0.2) is 48.9 Å². The molecule has 0 aromatic heterocycles. The van der Waals surface area contributed by atoms with Crippen molar-refractivity contribution in [2.75, 3.05) is 26.3 Å². The molecule has 1 spiro atoms. The number of alkyl halides is 3. The summed E-state index contributed by atoms with van der Waals surface area (Å²) in [6.07, 6.45) is -0.998. The van der Waals surface area contributed by atoms with Crippen molar-refractivity contribution in [2.45, 2.75) is 44.1 Å². The molecule has 128 valence electrons. The van der Waals surface area contributed by atoms with Gasteiger partial charge in [0.05, 0.1) is 13.2 Å². The fourth-order valence-corrected chi connectivity index (χ4v) is 4.64. The van der Waals surface area contributed by atoms with E-state index >= 15 is 0 Å². The van der Waals surface area contributed by atoms with E-state index in [0.29, 0.717) is 51.3 Å². The number of piperidine rings is 1. The van der Waals surface area contributed by atoms with Crippen LogP contribution in [0.1, 0.15) is 32.1 Å². The molecule has 4 rings (SSSR count). The lowest BCUT2D eigenvalue weighted by atomic mass is 9.70. The van der Waals surface area contributed by atoms with Crippen molar-refractivity contribution in [3.8, 4) is 0 Å². The SMILES string of the molecule is O=C(C1=C(N2CCC3(CC2)OCCO3)C2CCCC12)C(F)(F)F. The van der Waals surface area contributed by atoms with Crippen LogP contribution in [0.15, 0.2) is 11.3 Å². The zero-order valence-corrected chi connectivity index (χ0v) is 12.8. The van der Waals surface area contributed by atoms with Gasteiger partial charge in [-0.25, -0.2) is 0 Å². The summed E-state index contributed by atoms with van der Waals surface area (Å²) in [5.41, 5.74) is 0.687. The van der Waals surface area contributed by atoms with E-state index in [1.165, 1.54) is 0 Å². The third-order valence-electron chi connectivity index (χ3n) is 5.70. The smallest absolute Gasteiger partial charge is 0.374 e. The van der Waals surface area contributed by atoms with Crippen LogP contribution in [0.25, 0.3) is 0 Å². The Morgan fingerprint density at radius 3 is 2.30 bits per heavy atom. The van der Waals surface area contributed by atoms with Gasteiger partial charge in [-0.15, -0.1) is 0 Å². The Bertz CT molecular complexity index is 541. The number of hydrogen-bond acceptors (Lipinski definition) is 4. The van der Waals surface area contributed by atoms with Crippen molar-refractivity contribution < 1.29 is 27.4 Å². The molecule has 0 N–H and O–H groups in total. The molecule has 7 heteroatoms. The van der Waals surface area contributed by atoms with Crippen LogP contribution < -0.4 is 0 Å². The molecular weight excluding hydrogens is 311 g/mol. The second-order valence-electron chi connectivity index (χ2n) is 6.86. The summed E-state index contributed by atoms with van der Waals surface area (Å²) < 4.78 is 50.1. The number of ketones is 1. The molecule has 0 bridgehead atoms. The van der Waals surface area contributed by atoms with E-state index in [-0.39, 0.29) is 17.4 Å². The first-order valence-corrected chi connectivity index (χ1v) is 8.30. The lowest BCUT2D eigenvalue weighted by molar-refractivity contribution is -0.184. The first kappa shape index (κ1) is 15.4. The van der Waals surface area contributed by atoms with Crippen LogP contribution >= 0.6 is 0 Å². The number of allylic oxidation sites excluding steroid dienone is 2. The summed E-state index contributed by atoms with van der Waals surface area (Å²) in [7, 11) is 0. The van der Waals surface area contributed by atoms with Crippen molar-refractivity contribution in [1.29, 1.82) is 0 Å². The average molecular weight is 331 g/mol. The molecule has 3 fully saturated rings. The molecule has 0 aromatic carbocycles. The van der Waals surface area contributed by atoms with Crippen LogP contribution in [0.4, 0.5) is 13.2 Å². The zero-order valence-electron chi connectivity index (χ0n) is 12.8. The van der Waals surface area contributed by atoms with Crippen molar-refractivity contribution in [1.82, 2.24) is 4.90 Å². The van der Waals surface area contributed by atoms with Crippen molar-refractivity contribution in [2.24, 2.45) is 11.8 Å². The second-order valence-corrected chi connectivity index (χ2v) is 6.86. The highest BCUT2D eigenvalue weighted by atomic mass is 19.4. The Hall–Kier alpha value is -1.08. The van der Waals surface area contributed by atoms with E-state index in [1.807, 2.05) is 4.90 Å².